The molecule has 4 rings (SSSR count). The maximum Gasteiger partial charge on any atom is 0.345 e. The van der Waals surface area contributed by atoms with Gasteiger partial charge in [-0.3, -0.25) is 0 Å². The Morgan fingerprint density at radius 1 is 1.00 bits per heavy atom. The lowest BCUT2D eigenvalue weighted by atomic mass is 9.86. The van der Waals surface area contributed by atoms with Crippen LogP contribution >= 0.6 is 0 Å². The third-order valence-corrected chi connectivity index (χ3v) is 4.86. The second-order valence-electron chi connectivity index (χ2n) is 6.80. The SMILES string of the molecule is CCOC(=O)C1(c2ccccc2-c2ccc(OC)cc2)COCCO1.[c]1ccccc1. The summed E-state index contributed by atoms with van der Waals surface area (Å²) in [6.45, 7) is 3.01. The molecule has 1 aliphatic heterocycles. The Hall–Kier alpha value is -3.15. The molecule has 3 aromatic carbocycles. The Kier molecular flexibility index (Phi) is 8.21. The van der Waals surface area contributed by atoms with Gasteiger partial charge in [-0.2, -0.15) is 0 Å². The summed E-state index contributed by atoms with van der Waals surface area (Å²) in [5.41, 5.74) is 1.38. The average molecular weight is 419 g/mol. The predicted molar refractivity (Wildman–Crippen MR) is 119 cm³/mol. The van der Waals surface area contributed by atoms with Crippen molar-refractivity contribution in [3.05, 3.63) is 90.5 Å². The van der Waals surface area contributed by atoms with Crippen molar-refractivity contribution in [1.82, 2.24) is 0 Å². The molecule has 0 spiro atoms. The van der Waals surface area contributed by atoms with Crippen LogP contribution in [0, 0.1) is 6.07 Å². The molecule has 5 nitrogen and oxygen atoms in total. The van der Waals surface area contributed by atoms with Crippen LogP contribution in [0.15, 0.2) is 78.9 Å². The standard InChI is InChI=1S/C20H22O5.C6H5/c1-3-24-19(21)20(14-23-12-13-25-20)18-7-5-4-6-17(18)15-8-10-16(22-2)11-9-15;1-2-4-6-5-3-1/h4-11H,3,12-14H2,1-2H3;1-5H. The first-order chi connectivity index (χ1) is 15.2. The van der Waals surface area contributed by atoms with E-state index in [0.717, 1.165) is 22.4 Å². The molecule has 161 valence electrons. The van der Waals surface area contributed by atoms with Crippen molar-refractivity contribution in [3.63, 3.8) is 0 Å². The second-order valence-corrected chi connectivity index (χ2v) is 6.80. The van der Waals surface area contributed by atoms with Gasteiger partial charge in [0.15, 0.2) is 0 Å². The van der Waals surface area contributed by atoms with E-state index in [9.17, 15) is 4.79 Å². The fourth-order valence-electron chi connectivity index (χ4n) is 3.36. The number of benzene rings is 3. The van der Waals surface area contributed by atoms with Gasteiger partial charge < -0.3 is 18.9 Å². The summed E-state index contributed by atoms with van der Waals surface area (Å²) in [5.74, 6) is 0.356. The van der Waals surface area contributed by atoms with Crippen LogP contribution < -0.4 is 4.74 Å². The van der Waals surface area contributed by atoms with E-state index in [1.807, 2.05) is 78.9 Å². The first-order valence-corrected chi connectivity index (χ1v) is 10.2. The highest BCUT2D eigenvalue weighted by atomic mass is 16.6. The minimum atomic E-state index is -1.25. The molecule has 1 radical (unpaired) electrons. The quantitative estimate of drug-likeness (QED) is 0.564. The maximum absolute atomic E-state index is 12.8. The van der Waals surface area contributed by atoms with Crippen LogP contribution in [-0.4, -0.2) is 39.5 Å². The van der Waals surface area contributed by atoms with Gasteiger partial charge in [-0.25, -0.2) is 4.79 Å². The van der Waals surface area contributed by atoms with Crippen molar-refractivity contribution in [2.75, 3.05) is 33.5 Å². The summed E-state index contributed by atoms with van der Waals surface area (Å²) in [7, 11) is 1.63. The van der Waals surface area contributed by atoms with Gasteiger partial charge in [0, 0.05) is 5.56 Å². The second kappa shape index (κ2) is 11.3. The number of hydrogen-bond acceptors (Lipinski definition) is 5. The zero-order valence-corrected chi connectivity index (χ0v) is 17.9. The number of esters is 1. The summed E-state index contributed by atoms with van der Waals surface area (Å²) >= 11 is 0. The fourth-order valence-corrected chi connectivity index (χ4v) is 3.36. The molecule has 1 saturated heterocycles. The van der Waals surface area contributed by atoms with Crippen molar-refractivity contribution in [2.45, 2.75) is 12.5 Å². The number of carbonyl (C=O) groups is 1. The van der Waals surface area contributed by atoms with Crippen molar-refractivity contribution in [2.24, 2.45) is 0 Å². The molecule has 1 fully saturated rings. The fraction of sp³-hybridized carbons (Fsp3) is 0.269. The normalized spacial score (nSPS) is 17.7. The van der Waals surface area contributed by atoms with E-state index in [1.54, 1.807) is 14.0 Å². The van der Waals surface area contributed by atoms with Crippen LogP contribution in [0.2, 0.25) is 0 Å². The molecular weight excluding hydrogens is 392 g/mol. The zero-order valence-electron chi connectivity index (χ0n) is 17.9. The third-order valence-electron chi connectivity index (χ3n) is 4.86. The van der Waals surface area contributed by atoms with Crippen molar-refractivity contribution >= 4 is 5.97 Å². The van der Waals surface area contributed by atoms with E-state index in [-0.39, 0.29) is 13.2 Å². The number of methoxy groups -OCH3 is 1. The summed E-state index contributed by atoms with van der Waals surface area (Å²) in [5, 5.41) is 0. The van der Waals surface area contributed by atoms with Crippen LogP contribution in [0.4, 0.5) is 0 Å². The average Bonchev–Trinajstić information content (AvgIpc) is 2.86. The van der Waals surface area contributed by atoms with Crippen molar-refractivity contribution in [3.8, 4) is 16.9 Å². The molecule has 5 heteroatoms. The monoisotopic (exact) mass is 419 g/mol. The van der Waals surface area contributed by atoms with E-state index in [1.165, 1.54) is 0 Å². The van der Waals surface area contributed by atoms with E-state index in [0.29, 0.717) is 13.2 Å². The molecule has 1 heterocycles. The molecule has 1 unspecified atom stereocenters. The van der Waals surface area contributed by atoms with Crippen molar-refractivity contribution in [1.29, 1.82) is 0 Å². The molecule has 31 heavy (non-hydrogen) atoms. The van der Waals surface area contributed by atoms with Gasteiger partial charge in [-0.1, -0.05) is 66.7 Å². The molecule has 3 aromatic rings. The highest BCUT2D eigenvalue weighted by molar-refractivity contribution is 5.86. The summed E-state index contributed by atoms with van der Waals surface area (Å²) < 4.78 is 22.1. The first-order valence-electron chi connectivity index (χ1n) is 10.2. The molecule has 0 N–H and O–H groups in total. The van der Waals surface area contributed by atoms with Gasteiger partial charge in [0.25, 0.3) is 0 Å². The Balaban J connectivity index is 0.000000391. The molecule has 0 aromatic heterocycles. The molecule has 0 saturated carbocycles. The van der Waals surface area contributed by atoms with Gasteiger partial charge in [0.05, 0.1) is 33.5 Å². The smallest absolute Gasteiger partial charge is 0.345 e. The summed E-state index contributed by atoms with van der Waals surface area (Å²) in [4.78, 5) is 12.8. The zero-order chi connectivity index (χ0) is 21.9. The highest BCUT2D eigenvalue weighted by Crippen LogP contribution is 2.37. The first kappa shape index (κ1) is 22.5. The van der Waals surface area contributed by atoms with Crippen LogP contribution in [0.1, 0.15) is 12.5 Å². The van der Waals surface area contributed by atoms with Gasteiger partial charge in [-0.05, 0) is 36.2 Å². The van der Waals surface area contributed by atoms with Gasteiger partial charge in [0.1, 0.15) is 5.75 Å². The van der Waals surface area contributed by atoms with Crippen LogP contribution in [-0.2, 0) is 24.6 Å². The maximum atomic E-state index is 12.8. The molecule has 0 bridgehead atoms. The lowest BCUT2D eigenvalue weighted by Crippen LogP contribution is -2.48. The number of rotatable bonds is 5. The van der Waals surface area contributed by atoms with Crippen LogP contribution in [0.3, 0.4) is 0 Å². The summed E-state index contributed by atoms with van der Waals surface area (Å²) in [6.07, 6.45) is 0. The molecule has 0 amide bonds. The van der Waals surface area contributed by atoms with Gasteiger partial charge in [0.2, 0.25) is 5.60 Å². The third kappa shape index (κ3) is 5.51. The van der Waals surface area contributed by atoms with Gasteiger partial charge >= 0.3 is 5.97 Å². The molecular formula is C26H27O5. The predicted octanol–water partition coefficient (Wildman–Crippen LogP) is 4.65. The molecule has 1 aliphatic rings. The van der Waals surface area contributed by atoms with E-state index >= 15 is 0 Å². The van der Waals surface area contributed by atoms with Crippen LogP contribution in [0.5, 0.6) is 5.75 Å². The summed E-state index contributed by atoms with van der Waals surface area (Å²) in [6, 6.07) is 27.9. The highest BCUT2D eigenvalue weighted by Gasteiger charge is 2.46. The Morgan fingerprint density at radius 2 is 1.74 bits per heavy atom. The number of ether oxygens (including phenoxy) is 4. The van der Waals surface area contributed by atoms with E-state index < -0.39 is 11.6 Å². The minimum absolute atomic E-state index is 0.138. The lowest BCUT2D eigenvalue weighted by molar-refractivity contribution is -0.202. The van der Waals surface area contributed by atoms with E-state index in [4.69, 9.17) is 18.9 Å². The van der Waals surface area contributed by atoms with Crippen molar-refractivity contribution < 1.29 is 23.7 Å². The number of carbonyl (C=O) groups excluding carboxylic acids is 1. The Bertz CT molecular complexity index is 905. The van der Waals surface area contributed by atoms with Crippen LogP contribution in [0.25, 0.3) is 11.1 Å². The largest absolute Gasteiger partial charge is 0.497 e. The molecule has 1 atom stereocenters. The topological polar surface area (TPSA) is 54.0 Å². The van der Waals surface area contributed by atoms with E-state index in [2.05, 4.69) is 6.07 Å². The Morgan fingerprint density at radius 3 is 2.29 bits per heavy atom. The lowest BCUT2D eigenvalue weighted by Gasteiger charge is -2.36. The van der Waals surface area contributed by atoms with Gasteiger partial charge in [-0.15, -0.1) is 0 Å². The number of hydrogen-bond donors (Lipinski definition) is 0. The molecule has 0 aliphatic carbocycles. The minimum Gasteiger partial charge on any atom is -0.497 e. The Labute approximate surface area is 183 Å².